The van der Waals surface area contributed by atoms with Gasteiger partial charge in [-0.25, -0.2) is 0 Å². The van der Waals surface area contributed by atoms with Crippen LogP contribution in [0.4, 0.5) is 0 Å². The van der Waals surface area contributed by atoms with Crippen LogP contribution in [0.1, 0.15) is 20.3 Å². The van der Waals surface area contributed by atoms with Crippen LogP contribution < -0.4 is 10.6 Å². The van der Waals surface area contributed by atoms with Crippen LogP contribution in [0.5, 0.6) is 0 Å². The van der Waals surface area contributed by atoms with Gasteiger partial charge in [-0.2, -0.15) is 5.26 Å². The van der Waals surface area contributed by atoms with E-state index in [-0.39, 0.29) is 18.0 Å². The van der Waals surface area contributed by atoms with Crippen molar-refractivity contribution < 1.29 is 4.79 Å². The van der Waals surface area contributed by atoms with Crippen LogP contribution in [-0.2, 0) is 4.79 Å². The minimum atomic E-state index is -0.203. The quantitative estimate of drug-likeness (QED) is 0.623. The summed E-state index contributed by atoms with van der Waals surface area (Å²) in [5, 5.41) is 13.9. The minimum absolute atomic E-state index is 0.0692. The lowest BCUT2D eigenvalue weighted by atomic mass is 10.2. The van der Waals surface area contributed by atoms with Crippen LogP contribution in [0.2, 0.25) is 0 Å². The van der Waals surface area contributed by atoms with Crippen molar-refractivity contribution in [1.29, 1.82) is 5.26 Å². The second-order valence-electron chi connectivity index (χ2n) is 2.78. The van der Waals surface area contributed by atoms with Crippen LogP contribution in [0.25, 0.3) is 0 Å². The Balaban J connectivity index is 3.77. The summed E-state index contributed by atoms with van der Waals surface area (Å²) < 4.78 is 0. The zero-order valence-electron chi connectivity index (χ0n) is 7.72. The summed E-state index contributed by atoms with van der Waals surface area (Å²) in [6, 6.07) is 1.72. The first kappa shape index (κ1) is 10.9. The van der Waals surface area contributed by atoms with Crippen molar-refractivity contribution in [2.24, 2.45) is 0 Å². The van der Waals surface area contributed by atoms with E-state index in [0.29, 0.717) is 6.42 Å². The standard InChI is InChI=1S/C8H15N3O/c1-6(4-5-9)11-8(12)7(2)10-3/h6-7,10H,4H2,1-3H3,(H,11,12). The zero-order chi connectivity index (χ0) is 9.56. The van der Waals surface area contributed by atoms with E-state index in [4.69, 9.17) is 5.26 Å². The molecule has 0 rings (SSSR count). The van der Waals surface area contributed by atoms with Gasteiger partial charge in [0.05, 0.1) is 18.5 Å². The first-order valence-electron chi connectivity index (χ1n) is 3.96. The van der Waals surface area contributed by atoms with Gasteiger partial charge in [0.25, 0.3) is 0 Å². The summed E-state index contributed by atoms with van der Waals surface area (Å²) in [4.78, 5) is 11.2. The minimum Gasteiger partial charge on any atom is -0.351 e. The molecule has 2 atom stereocenters. The van der Waals surface area contributed by atoms with E-state index in [0.717, 1.165) is 0 Å². The molecule has 0 bridgehead atoms. The van der Waals surface area contributed by atoms with Crippen molar-refractivity contribution in [1.82, 2.24) is 10.6 Å². The van der Waals surface area contributed by atoms with Crippen LogP contribution in [-0.4, -0.2) is 25.0 Å². The predicted octanol–water partition coefficient (Wildman–Crippen LogP) is 0.0127. The highest BCUT2D eigenvalue weighted by molar-refractivity contribution is 5.81. The molecule has 0 aromatic rings. The summed E-state index contributed by atoms with van der Waals surface area (Å²) in [5.74, 6) is -0.0692. The molecule has 2 unspecified atom stereocenters. The van der Waals surface area contributed by atoms with Crippen molar-refractivity contribution in [2.45, 2.75) is 32.4 Å². The van der Waals surface area contributed by atoms with Gasteiger partial charge in [-0.15, -0.1) is 0 Å². The lowest BCUT2D eigenvalue weighted by Crippen LogP contribution is -2.44. The maximum absolute atomic E-state index is 11.2. The molecule has 0 aliphatic carbocycles. The molecular weight excluding hydrogens is 154 g/mol. The molecule has 0 aliphatic heterocycles. The van der Waals surface area contributed by atoms with E-state index in [1.807, 2.05) is 13.0 Å². The Kier molecular flexibility index (Phi) is 5.06. The summed E-state index contributed by atoms with van der Waals surface area (Å²) in [5.41, 5.74) is 0. The highest BCUT2D eigenvalue weighted by Crippen LogP contribution is 1.89. The van der Waals surface area contributed by atoms with Gasteiger partial charge in [-0.05, 0) is 20.9 Å². The van der Waals surface area contributed by atoms with Gasteiger partial charge >= 0.3 is 0 Å². The number of carbonyl (C=O) groups is 1. The fraction of sp³-hybridized carbons (Fsp3) is 0.750. The van der Waals surface area contributed by atoms with Gasteiger partial charge in [0.15, 0.2) is 0 Å². The number of hydrogen-bond acceptors (Lipinski definition) is 3. The number of carbonyl (C=O) groups excluding carboxylic acids is 1. The molecule has 68 valence electrons. The summed E-state index contributed by atoms with van der Waals surface area (Å²) in [6.07, 6.45) is 0.349. The molecule has 0 spiro atoms. The van der Waals surface area contributed by atoms with Gasteiger partial charge in [0.2, 0.25) is 5.91 Å². The van der Waals surface area contributed by atoms with Crippen LogP contribution in [0.15, 0.2) is 0 Å². The van der Waals surface area contributed by atoms with Gasteiger partial charge in [0.1, 0.15) is 0 Å². The largest absolute Gasteiger partial charge is 0.351 e. The topological polar surface area (TPSA) is 64.9 Å². The van der Waals surface area contributed by atoms with Crippen molar-refractivity contribution in [3.05, 3.63) is 0 Å². The number of nitrogens with one attached hydrogen (secondary N) is 2. The van der Waals surface area contributed by atoms with Crippen molar-refractivity contribution in [3.8, 4) is 6.07 Å². The monoisotopic (exact) mass is 169 g/mol. The molecule has 0 radical (unpaired) electrons. The maximum atomic E-state index is 11.2. The van der Waals surface area contributed by atoms with E-state index in [1.165, 1.54) is 0 Å². The molecule has 0 heterocycles. The molecular formula is C8H15N3O. The summed E-state index contributed by atoms with van der Waals surface area (Å²) >= 11 is 0. The Labute approximate surface area is 72.9 Å². The normalized spacial score (nSPS) is 14.5. The molecule has 0 fully saturated rings. The third-order valence-corrected chi connectivity index (χ3v) is 1.61. The molecule has 0 aromatic carbocycles. The number of nitriles is 1. The number of amides is 1. The number of likely N-dealkylation sites (N-methyl/N-ethyl adjacent to an activating group) is 1. The number of hydrogen-bond donors (Lipinski definition) is 2. The predicted molar refractivity (Wildman–Crippen MR) is 46.4 cm³/mol. The first-order chi connectivity index (χ1) is 5.61. The van der Waals surface area contributed by atoms with E-state index in [9.17, 15) is 4.79 Å². The van der Waals surface area contributed by atoms with Gasteiger partial charge < -0.3 is 10.6 Å². The van der Waals surface area contributed by atoms with Gasteiger partial charge in [0, 0.05) is 6.04 Å². The number of rotatable bonds is 4. The van der Waals surface area contributed by atoms with Crippen LogP contribution >= 0.6 is 0 Å². The zero-order valence-corrected chi connectivity index (χ0v) is 7.72. The Bertz CT molecular complexity index is 185. The van der Waals surface area contributed by atoms with E-state index >= 15 is 0 Å². The lowest BCUT2D eigenvalue weighted by Gasteiger charge is -2.14. The average Bonchev–Trinajstić information content (AvgIpc) is 2.03. The Morgan fingerprint density at radius 2 is 2.17 bits per heavy atom. The van der Waals surface area contributed by atoms with E-state index in [1.54, 1.807) is 14.0 Å². The average molecular weight is 169 g/mol. The lowest BCUT2D eigenvalue weighted by molar-refractivity contribution is -0.123. The van der Waals surface area contributed by atoms with Gasteiger partial charge in [-0.3, -0.25) is 4.79 Å². The highest BCUT2D eigenvalue weighted by atomic mass is 16.2. The van der Waals surface area contributed by atoms with Crippen LogP contribution in [0.3, 0.4) is 0 Å². The highest BCUT2D eigenvalue weighted by Gasteiger charge is 2.12. The fourth-order valence-corrected chi connectivity index (χ4v) is 0.687. The van der Waals surface area contributed by atoms with Crippen molar-refractivity contribution in [2.75, 3.05) is 7.05 Å². The second-order valence-corrected chi connectivity index (χ2v) is 2.78. The molecule has 2 N–H and O–H groups in total. The Morgan fingerprint density at radius 1 is 1.58 bits per heavy atom. The maximum Gasteiger partial charge on any atom is 0.237 e. The van der Waals surface area contributed by atoms with Crippen molar-refractivity contribution >= 4 is 5.91 Å². The Morgan fingerprint density at radius 3 is 2.58 bits per heavy atom. The molecule has 12 heavy (non-hydrogen) atoms. The van der Waals surface area contributed by atoms with E-state index < -0.39 is 0 Å². The first-order valence-corrected chi connectivity index (χ1v) is 3.96. The molecule has 4 nitrogen and oxygen atoms in total. The van der Waals surface area contributed by atoms with Crippen LogP contribution in [0, 0.1) is 11.3 Å². The molecule has 0 aromatic heterocycles. The number of nitrogens with zero attached hydrogens (tertiary/aromatic N) is 1. The molecule has 0 saturated carbocycles. The molecule has 0 aliphatic rings. The third-order valence-electron chi connectivity index (χ3n) is 1.61. The third kappa shape index (κ3) is 3.94. The summed E-state index contributed by atoms with van der Waals surface area (Å²) in [6.45, 7) is 3.58. The smallest absolute Gasteiger partial charge is 0.237 e. The molecule has 0 saturated heterocycles. The van der Waals surface area contributed by atoms with E-state index in [2.05, 4.69) is 10.6 Å². The SMILES string of the molecule is CNC(C)C(=O)NC(C)CC#N. The second kappa shape index (κ2) is 5.56. The fourth-order valence-electron chi connectivity index (χ4n) is 0.687. The molecule has 4 heteroatoms. The Hall–Kier alpha value is -1.08. The summed E-state index contributed by atoms with van der Waals surface area (Å²) in [7, 11) is 1.72. The molecule has 1 amide bonds. The van der Waals surface area contributed by atoms with Crippen molar-refractivity contribution in [3.63, 3.8) is 0 Å². The van der Waals surface area contributed by atoms with Gasteiger partial charge in [-0.1, -0.05) is 0 Å².